The topological polar surface area (TPSA) is 85.1 Å². The first kappa shape index (κ1) is 13.1. The lowest BCUT2D eigenvalue weighted by Crippen LogP contribution is -2.29. The number of sulfonamides is 1. The lowest BCUT2D eigenvalue weighted by Gasteiger charge is -2.11. The van der Waals surface area contributed by atoms with Crippen LogP contribution in [-0.4, -0.2) is 26.5 Å². The van der Waals surface area contributed by atoms with Crippen molar-refractivity contribution in [2.75, 3.05) is 13.1 Å². The van der Waals surface area contributed by atoms with Crippen LogP contribution in [0.15, 0.2) is 29.4 Å². The van der Waals surface area contributed by atoms with Crippen molar-refractivity contribution in [1.82, 2.24) is 9.71 Å². The van der Waals surface area contributed by atoms with Crippen molar-refractivity contribution in [3.8, 4) is 0 Å². The van der Waals surface area contributed by atoms with Gasteiger partial charge in [-0.25, -0.2) is 13.1 Å². The summed E-state index contributed by atoms with van der Waals surface area (Å²) in [5.41, 5.74) is 5.39. The predicted octanol–water partition coefficient (Wildman–Crippen LogP) is 0.345. The highest BCUT2D eigenvalue weighted by molar-refractivity contribution is 7.89. The molecule has 0 radical (unpaired) electrons. The van der Waals surface area contributed by atoms with Crippen LogP contribution in [0, 0.1) is 5.92 Å². The van der Waals surface area contributed by atoms with Gasteiger partial charge < -0.3 is 5.73 Å². The van der Waals surface area contributed by atoms with Gasteiger partial charge in [-0.2, -0.15) is 0 Å². The van der Waals surface area contributed by atoms with E-state index in [1.54, 1.807) is 6.07 Å². The molecule has 0 aromatic carbocycles. The summed E-state index contributed by atoms with van der Waals surface area (Å²) in [7, 11) is -3.43. The van der Waals surface area contributed by atoms with E-state index in [-0.39, 0.29) is 10.8 Å². The van der Waals surface area contributed by atoms with Gasteiger partial charge in [0.1, 0.15) is 4.90 Å². The van der Waals surface area contributed by atoms with Crippen LogP contribution in [-0.2, 0) is 10.0 Å². The molecule has 90 valence electrons. The van der Waals surface area contributed by atoms with Gasteiger partial charge in [-0.05, 0) is 31.0 Å². The largest absolute Gasteiger partial charge is 0.330 e. The van der Waals surface area contributed by atoms with E-state index < -0.39 is 10.0 Å². The Labute approximate surface area is 96.1 Å². The second kappa shape index (κ2) is 5.93. The van der Waals surface area contributed by atoms with Crippen molar-refractivity contribution in [2.45, 2.75) is 18.2 Å². The molecule has 0 aliphatic heterocycles. The summed E-state index contributed by atoms with van der Waals surface area (Å²) in [5.74, 6) is 0.233. The Bertz CT molecular complexity index is 405. The van der Waals surface area contributed by atoms with Crippen LogP contribution in [0.1, 0.15) is 13.3 Å². The van der Waals surface area contributed by atoms with Crippen LogP contribution >= 0.6 is 0 Å². The fourth-order valence-corrected chi connectivity index (χ4v) is 2.36. The molecule has 16 heavy (non-hydrogen) atoms. The minimum Gasteiger partial charge on any atom is -0.330 e. The summed E-state index contributed by atoms with van der Waals surface area (Å²) in [6.45, 7) is 2.92. The molecule has 3 N–H and O–H groups in total. The van der Waals surface area contributed by atoms with Crippen LogP contribution < -0.4 is 10.5 Å². The Balaban J connectivity index is 2.60. The number of nitrogens with one attached hydrogen (secondary N) is 1. The van der Waals surface area contributed by atoms with Crippen molar-refractivity contribution in [2.24, 2.45) is 11.7 Å². The molecule has 1 rings (SSSR count). The van der Waals surface area contributed by atoms with Crippen molar-refractivity contribution in [3.63, 3.8) is 0 Å². The van der Waals surface area contributed by atoms with Gasteiger partial charge in [-0.1, -0.05) is 6.92 Å². The fourth-order valence-electron chi connectivity index (χ4n) is 1.23. The maximum Gasteiger partial charge on any atom is 0.242 e. The number of pyridine rings is 1. The van der Waals surface area contributed by atoms with Crippen molar-refractivity contribution < 1.29 is 8.42 Å². The van der Waals surface area contributed by atoms with E-state index in [1.165, 1.54) is 18.5 Å². The number of nitrogens with zero attached hydrogens (tertiary/aromatic N) is 1. The summed E-state index contributed by atoms with van der Waals surface area (Å²) >= 11 is 0. The van der Waals surface area contributed by atoms with Gasteiger partial charge in [0.25, 0.3) is 0 Å². The minimum atomic E-state index is -3.43. The van der Waals surface area contributed by atoms with Crippen LogP contribution in [0.25, 0.3) is 0 Å². The molecular weight excluding hydrogens is 226 g/mol. The number of hydrogen-bond donors (Lipinski definition) is 2. The van der Waals surface area contributed by atoms with E-state index in [0.717, 1.165) is 6.42 Å². The molecule has 0 spiro atoms. The summed E-state index contributed by atoms with van der Waals surface area (Å²) in [4.78, 5) is 3.96. The van der Waals surface area contributed by atoms with E-state index in [4.69, 9.17) is 5.73 Å². The summed E-state index contributed by atoms with van der Waals surface area (Å²) in [6, 6.07) is 3.11. The summed E-state index contributed by atoms with van der Waals surface area (Å²) in [5, 5.41) is 0. The molecule has 0 saturated carbocycles. The highest BCUT2D eigenvalue weighted by Crippen LogP contribution is 2.06. The first-order valence-corrected chi connectivity index (χ1v) is 6.64. The molecule has 6 heteroatoms. The standard InChI is InChI=1S/C10H17N3O2S/c1-9(4-5-11)7-13-16(14,15)10-3-2-6-12-8-10/h2-3,6,8-9,13H,4-5,7,11H2,1H3. The van der Waals surface area contributed by atoms with E-state index >= 15 is 0 Å². The second-order valence-electron chi connectivity index (χ2n) is 3.72. The summed E-state index contributed by atoms with van der Waals surface area (Å²) in [6.07, 6.45) is 3.67. The molecule has 5 nitrogen and oxygen atoms in total. The number of hydrogen-bond acceptors (Lipinski definition) is 4. The minimum absolute atomic E-state index is 0.190. The van der Waals surface area contributed by atoms with Crippen LogP contribution in [0.2, 0.25) is 0 Å². The molecule has 1 heterocycles. The molecule has 0 amide bonds. The summed E-state index contributed by atoms with van der Waals surface area (Å²) < 4.78 is 26.1. The maximum absolute atomic E-state index is 11.8. The molecule has 0 fully saturated rings. The first-order valence-electron chi connectivity index (χ1n) is 5.16. The Kier molecular flexibility index (Phi) is 4.85. The van der Waals surface area contributed by atoms with Gasteiger partial charge in [0.2, 0.25) is 10.0 Å². The number of rotatable bonds is 6. The van der Waals surface area contributed by atoms with Gasteiger partial charge in [-0.3, -0.25) is 4.98 Å². The predicted molar refractivity (Wildman–Crippen MR) is 62.3 cm³/mol. The van der Waals surface area contributed by atoms with Crippen LogP contribution in [0.5, 0.6) is 0 Å². The zero-order valence-corrected chi connectivity index (χ0v) is 10.1. The molecule has 0 aliphatic rings. The quantitative estimate of drug-likeness (QED) is 0.754. The molecular formula is C10H17N3O2S. The molecule has 0 aliphatic carbocycles. The molecule has 1 aromatic rings. The van der Waals surface area contributed by atoms with Crippen LogP contribution in [0.4, 0.5) is 0 Å². The third-order valence-electron chi connectivity index (χ3n) is 2.23. The molecule has 0 saturated heterocycles. The van der Waals surface area contributed by atoms with E-state index in [1.807, 2.05) is 6.92 Å². The zero-order valence-electron chi connectivity index (χ0n) is 9.26. The third kappa shape index (κ3) is 3.88. The number of aromatic nitrogens is 1. The zero-order chi connectivity index (χ0) is 12.0. The Hall–Kier alpha value is -0.980. The SMILES string of the molecule is CC(CCN)CNS(=O)(=O)c1cccnc1. The second-order valence-corrected chi connectivity index (χ2v) is 5.49. The highest BCUT2D eigenvalue weighted by atomic mass is 32.2. The van der Waals surface area contributed by atoms with Gasteiger partial charge in [-0.15, -0.1) is 0 Å². The van der Waals surface area contributed by atoms with Gasteiger partial charge in [0, 0.05) is 18.9 Å². The Morgan fingerprint density at radius 3 is 2.88 bits per heavy atom. The average molecular weight is 243 g/mol. The lowest BCUT2D eigenvalue weighted by atomic mass is 10.1. The fraction of sp³-hybridized carbons (Fsp3) is 0.500. The van der Waals surface area contributed by atoms with Gasteiger partial charge in [0.15, 0.2) is 0 Å². The first-order chi connectivity index (χ1) is 7.56. The highest BCUT2D eigenvalue weighted by Gasteiger charge is 2.14. The molecule has 0 bridgehead atoms. The molecule has 1 atom stereocenters. The average Bonchev–Trinajstić information content (AvgIpc) is 2.28. The van der Waals surface area contributed by atoms with E-state index in [2.05, 4.69) is 9.71 Å². The van der Waals surface area contributed by atoms with Gasteiger partial charge in [0.05, 0.1) is 0 Å². The Morgan fingerprint density at radius 2 is 2.31 bits per heavy atom. The van der Waals surface area contributed by atoms with E-state index in [9.17, 15) is 8.42 Å². The van der Waals surface area contributed by atoms with E-state index in [0.29, 0.717) is 13.1 Å². The monoisotopic (exact) mass is 243 g/mol. The normalized spacial score (nSPS) is 13.6. The Morgan fingerprint density at radius 1 is 1.56 bits per heavy atom. The smallest absolute Gasteiger partial charge is 0.242 e. The van der Waals surface area contributed by atoms with Crippen LogP contribution in [0.3, 0.4) is 0 Å². The van der Waals surface area contributed by atoms with Crippen molar-refractivity contribution in [1.29, 1.82) is 0 Å². The number of nitrogens with two attached hydrogens (primary N) is 1. The maximum atomic E-state index is 11.8. The molecule has 1 aromatic heterocycles. The van der Waals surface area contributed by atoms with Crippen molar-refractivity contribution >= 4 is 10.0 Å². The van der Waals surface area contributed by atoms with Crippen molar-refractivity contribution in [3.05, 3.63) is 24.5 Å². The lowest BCUT2D eigenvalue weighted by molar-refractivity contribution is 0.515. The third-order valence-corrected chi connectivity index (χ3v) is 3.63. The molecule has 1 unspecified atom stereocenters. The van der Waals surface area contributed by atoms with Gasteiger partial charge >= 0.3 is 0 Å².